The number of aromatic nitrogens is 2. The molecule has 17 heavy (non-hydrogen) atoms. The van der Waals surface area contributed by atoms with E-state index in [1.54, 1.807) is 4.68 Å². The Morgan fingerprint density at radius 1 is 1.29 bits per heavy atom. The number of hydrogen-bond acceptors (Lipinski definition) is 2. The molecule has 2 rings (SSSR count). The van der Waals surface area contributed by atoms with E-state index in [0.29, 0.717) is 0 Å². The maximum absolute atomic E-state index is 10.6. The second kappa shape index (κ2) is 4.41. The molecule has 0 atom stereocenters. The number of carboxylic acids is 1. The van der Waals surface area contributed by atoms with E-state index in [0.717, 1.165) is 22.5 Å². The molecular formula is C13H14N2O2. The molecule has 1 heterocycles. The highest BCUT2D eigenvalue weighted by molar-refractivity contribution is 5.70. The predicted octanol–water partition coefficient (Wildman–Crippen LogP) is 2.12. The zero-order valence-electron chi connectivity index (χ0n) is 9.84. The minimum absolute atomic E-state index is 0.0530. The number of carboxylic acid groups (broad SMARTS) is 1. The Hall–Kier alpha value is -2.10. The maximum Gasteiger partial charge on any atom is 0.307 e. The van der Waals surface area contributed by atoms with Crippen LogP contribution in [0.15, 0.2) is 30.5 Å². The monoisotopic (exact) mass is 230 g/mol. The number of carbonyl (C=O) groups is 1. The molecule has 0 spiro atoms. The van der Waals surface area contributed by atoms with Crippen LogP contribution < -0.4 is 0 Å². The molecule has 0 unspecified atom stereocenters. The molecule has 0 radical (unpaired) electrons. The average Bonchev–Trinajstić information content (AvgIpc) is 2.59. The van der Waals surface area contributed by atoms with Crippen LogP contribution >= 0.6 is 0 Å². The summed E-state index contributed by atoms with van der Waals surface area (Å²) in [4.78, 5) is 10.6. The van der Waals surface area contributed by atoms with Crippen LogP contribution in [-0.4, -0.2) is 20.9 Å². The van der Waals surface area contributed by atoms with Gasteiger partial charge in [0.25, 0.3) is 0 Å². The summed E-state index contributed by atoms with van der Waals surface area (Å²) in [5, 5.41) is 13.0. The minimum atomic E-state index is -0.816. The first-order valence-corrected chi connectivity index (χ1v) is 5.40. The van der Waals surface area contributed by atoms with Gasteiger partial charge in [-0.1, -0.05) is 12.1 Å². The fraction of sp³-hybridized carbons (Fsp3) is 0.231. The lowest BCUT2D eigenvalue weighted by Crippen LogP contribution is -2.00. The maximum atomic E-state index is 10.6. The Bertz CT molecular complexity index is 522. The summed E-state index contributed by atoms with van der Waals surface area (Å²) in [7, 11) is 0. The first-order valence-electron chi connectivity index (χ1n) is 5.40. The van der Waals surface area contributed by atoms with Crippen LogP contribution in [0.3, 0.4) is 0 Å². The molecule has 1 aromatic carbocycles. The molecule has 0 saturated carbocycles. The SMILES string of the molecule is Cc1cn(-c2ccc(CC(=O)O)cc2)nc1C. The molecule has 2 aromatic rings. The lowest BCUT2D eigenvalue weighted by molar-refractivity contribution is -0.136. The fourth-order valence-electron chi connectivity index (χ4n) is 1.62. The molecule has 88 valence electrons. The number of benzene rings is 1. The number of aliphatic carboxylic acids is 1. The van der Waals surface area contributed by atoms with Gasteiger partial charge in [0.05, 0.1) is 17.8 Å². The van der Waals surface area contributed by atoms with Gasteiger partial charge in [-0.2, -0.15) is 5.10 Å². The number of aryl methyl sites for hydroxylation is 2. The van der Waals surface area contributed by atoms with E-state index in [1.807, 2.05) is 44.3 Å². The van der Waals surface area contributed by atoms with Crippen LogP contribution in [0.1, 0.15) is 16.8 Å². The Labute approximate surface area is 99.5 Å². The predicted molar refractivity (Wildman–Crippen MR) is 64.4 cm³/mol. The van der Waals surface area contributed by atoms with Crippen LogP contribution in [0.25, 0.3) is 5.69 Å². The number of hydrogen-bond donors (Lipinski definition) is 1. The van der Waals surface area contributed by atoms with Crippen molar-refractivity contribution in [3.63, 3.8) is 0 Å². The highest BCUT2D eigenvalue weighted by Gasteiger charge is 2.04. The van der Waals surface area contributed by atoms with Crippen molar-refractivity contribution in [3.8, 4) is 5.69 Å². The molecule has 0 aliphatic carbocycles. The van der Waals surface area contributed by atoms with Gasteiger partial charge >= 0.3 is 5.97 Å². The summed E-state index contributed by atoms with van der Waals surface area (Å²) in [5.74, 6) is -0.816. The summed E-state index contributed by atoms with van der Waals surface area (Å²) in [6.07, 6.45) is 2.01. The van der Waals surface area contributed by atoms with Crippen molar-refractivity contribution in [2.45, 2.75) is 20.3 Å². The van der Waals surface area contributed by atoms with Crippen LogP contribution in [0.5, 0.6) is 0 Å². The van der Waals surface area contributed by atoms with Crippen LogP contribution in [0, 0.1) is 13.8 Å². The van der Waals surface area contributed by atoms with Crippen molar-refractivity contribution < 1.29 is 9.90 Å². The van der Waals surface area contributed by atoms with Gasteiger partial charge < -0.3 is 5.11 Å². The zero-order valence-corrected chi connectivity index (χ0v) is 9.84. The molecular weight excluding hydrogens is 216 g/mol. The highest BCUT2D eigenvalue weighted by atomic mass is 16.4. The Kier molecular flexibility index (Phi) is 2.95. The smallest absolute Gasteiger partial charge is 0.307 e. The Morgan fingerprint density at radius 3 is 2.41 bits per heavy atom. The number of nitrogens with zero attached hydrogens (tertiary/aromatic N) is 2. The van der Waals surface area contributed by atoms with Crippen LogP contribution in [-0.2, 0) is 11.2 Å². The second-order valence-corrected chi connectivity index (χ2v) is 4.08. The molecule has 0 aliphatic heterocycles. The van der Waals surface area contributed by atoms with Crippen molar-refractivity contribution >= 4 is 5.97 Å². The van der Waals surface area contributed by atoms with Crippen molar-refractivity contribution in [3.05, 3.63) is 47.3 Å². The van der Waals surface area contributed by atoms with Crippen molar-refractivity contribution in [2.75, 3.05) is 0 Å². The summed E-state index contributed by atoms with van der Waals surface area (Å²) < 4.78 is 1.80. The summed E-state index contributed by atoms with van der Waals surface area (Å²) in [6, 6.07) is 7.39. The van der Waals surface area contributed by atoms with Gasteiger partial charge in [0.15, 0.2) is 0 Å². The molecule has 4 nitrogen and oxygen atoms in total. The molecule has 1 aromatic heterocycles. The fourth-order valence-corrected chi connectivity index (χ4v) is 1.62. The van der Waals surface area contributed by atoms with E-state index in [9.17, 15) is 4.79 Å². The zero-order chi connectivity index (χ0) is 12.4. The third-order valence-corrected chi connectivity index (χ3v) is 2.70. The van der Waals surface area contributed by atoms with Crippen LogP contribution in [0.2, 0.25) is 0 Å². The first-order chi connectivity index (χ1) is 8.06. The quantitative estimate of drug-likeness (QED) is 0.878. The topological polar surface area (TPSA) is 55.1 Å². The third kappa shape index (κ3) is 2.53. The average molecular weight is 230 g/mol. The van der Waals surface area contributed by atoms with Crippen LogP contribution in [0.4, 0.5) is 0 Å². The van der Waals surface area contributed by atoms with Crippen molar-refractivity contribution in [1.29, 1.82) is 0 Å². The van der Waals surface area contributed by atoms with Gasteiger partial charge in [0.1, 0.15) is 0 Å². The van der Waals surface area contributed by atoms with E-state index in [-0.39, 0.29) is 6.42 Å². The summed E-state index contributed by atoms with van der Waals surface area (Å²) in [5.41, 5.74) is 3.87. The lowest BCUT2D eigenvalue weighted by Gasteiger charge is -2.02. The first kappa shape index (κ1) is 11.4. The molecule has 1 N–H and O–H groups in total. The minimum Gasteiger partial charge on any atom is -0.481 e. The molecule has 0 fully saturated rings. The van der Waals surface area contributed by atoms with Gasteiger partial charge in [0.2, 0.25) is 0 Å². The number of rotatable bonds is 3. The third-order valence-electron chi connectivity index (χ3n) is 2.70. The van der Waals surface area contributed by atoms with E-state index < -0.39 is 5.97 Å². The standard InChI is InChI=1S/C13H14N2O2/c1-9-8-15(14-10(9)2)12-5-3-11(4-6-12)7-13(16)17/h3-6,8H,7H2,1-2H3,(H,16,17). The Balaban J connectivity index is 2.26. The normalized spacial score (nSPS) is 10.5. The van der Waals surface area contributed by atoms with E-state index in [4.69, 9.17) is 5.11 Å². The van der Waals surface area contributed by atoms with Gasteiger partial charge in [-0.05, 0) is 37.1 Å². The highest BCUT2D eigenvalue weighted by Crippen LogP contribution is 2.12. The van der Waals surface area contributed by atoms with Gasteiger partial charge in [-0.15, -0.1) is 0 Å². The largest absolute Gasteiger partial charge is 0.481 e. The van der Waals surface area contributed by atoms with Crippen molar-refractivity contribution in [1.82, 2.24) is 9.78 Å². The van der Waals surface area contributed by atoms with Gasteiger partial charge in [0, 0.05) is 6.20 Å². The molecule has 0 amide bonds. The molecule has 0 bridgehead atoms. The Morgan fingerprint density at radius 2 is 1.94 bits per heavy atom. The van der Waals surface area contributed by atoms with E-state index in [1.165, 1.54) is 0 Å². The summed E-state index contributed by atoms with van der Waals surface area (Å²) in [6.45, 7) is 3.97. The van der Waals surface area contributed by atoms with Crippen molar-refractivity contribution in [2.24, 2.45) is 0 Å². The van der Waals surface area contributed by atoms with E-state index >= 15 is 0 Å². The lowest BCUT2D eigenvalue weighted by atomic mass is 10.1. The molecule has 0 saturated heterocycles. The van der Waals surface area contributed by atoms with Gasteiger partial charge in [-0.3, -0.25) is 4.79 Å². The summed E-state index contributed by atoms with van der Waals surface area (Å²) >= 11 is 0. The molecule has 4 heteroatoms. The van der Waals surface area contributed by atoms with E-state index in [2.05, 4.69) is 5.10 Å². The van der Waals surface area contributed by atoms with Gasteiger partial charge in [-0.25, -0.2) is 4.68 Å². The second-order valence-electron chi connectivity index (χ2n) is 4.08. The molecule has 0 aliphatic rings.